The van der Waals surface area contributed by atoms with Gasteiger partial charge in [-0.2, -0.15) is 5.11 Å². The number of nitrogens with zero attached hydrogens (tertiary/aromatic N) is 4. The molecule has 0 saturated heterocycles. The van der Waals surface area contributed by atoms with Gasteiger partial charge in [0.25, 0.3) is 5.56 Å². The Morgan fingerprint density at radius 2 is 1.86 bits per heavy atom. The zero-order valence-electron chi connectivity index (χ0n) is 11.8. The predicted molar refractivity (Wildman–Crippen MR) is 75.8 cm³/mol. The van der Waals surface area contributed by atoms with E-state index >= 15 is 0 Å². The Bertz CT molecular complexity index is 820. The van der Waals surface area contributed by atoms with E-state index in [1.165, 1.54) is 21.2 Å². The van der Waals surface area contributed by atoms with Crippen LogP contribution in [0.25, 0.3) is 0 Å². The maximum Gasteiger partial charge on any atom is 0.333 e. The zero-order valence-corrected chi connectivity index (χ0v) is 11.8. The van der Waals surface area contributed by atoms with Crippen LogP contribution in [0, 0.1) is 0 Å². The molecule has 8 heteroatoms. The second kappa shape index (κ2) is 5.61. The number of ether oxygens (including phenoxy) is 1. The molecule has 0 fully saturated rings. The van der Waals surface area contributed by atoms with E-state index in [9.17, 15) is 14.7 Å². The second-order valence-corrected chi connectivity index (χ2v) is 4.28. The van der Waals surface area contributed by atoms with Crippen LogP contribution in [0.2, 0.25) is 0 Å². The lowest BCUT2D eigenvalue weighted by Crippen LogP contribution is -2.36. The van der Waals surface area contributed by atoms with E-state index in [-0.39, 0.29) is 5.69 Å². The van der Waals surface area contributed by atoms with E-state index in [2.05, 4.69) is 10.2 Å². The first-order valence-electron chi connectivity index (χ1n) is 6.00. The van der Waals surface area contributed by atoms with Gasteiger partial charge in [0.15, 0.2) is 0 Å². The predicted octanol–water partition coefficient (Wildman–Crippen LogP) is 1.21. The van der Waals surface area contributed by atoms with Crippen LogP contribution >= 0.6 is 0 Å². The second-order valence-electron chi connectivity index (χ2n) is 4.28. The third kappa shape index (κ3) is 2.69. The van der Waals surface area contributed by atoms with E-state index in [0.29, 0.717) is 11.4 Å². The van der Waals surface area contributed by atoms with Crippen molar-refractivity contribution in [3.05, 3.63) is 45.1 Å². The summed E-state index contributed by atoms with van der Waals surface area (Å²) in [7, 11) is 4.15. The first kappa shape index (κ1) is 14.5. The van der Waals surface area contributed by atoms with Crippen molar-refractivity contribution in [3.63, 3.8) is 0 Å². The van der Waals surface area contributed by atoms with Crippen molar-refractivity contribution in [1.82, 2.24) is 9.13 Å². The van der Waals surface area contributed by atoms with Crippen molar-refractivity contribution in [1.29, 1.82) is 0 Å². The molecule has 1 N–H and O–H groups in total. The lowest BCUT2D eigenvalue weighted by Gasteiger charge is -2.06. The molecule has 1 aromatic carbocycles. The molecule has 0 aliphatic carbocycles. The fourth-order valence-corrected chi connectivity index (χ4v) is 1.68. The van der Waals surface area contributed by atoms with Gasteiger partial charge in [0.2, 0.25) is 11.6 Å². The van der Waals surface area contributed by atoms with Gasteiger partial charge in [-0.05, 0) is 12.1 Å². The lowest BCUT2D eigenvalue weighted by atomic mass is 10.3. The van der Waals surface area contributed by atoms with Gasteiger partial charge in [-0.1, -0.05) is 6.07 Å². The molecule has 0 atom stereocenters. The molecule has 8 nitrogen and oxygen atoms in total. The van der Waals surface area contributed by atoms with Crippen LogP contribution < -0.4 is 16.0 Å². The van der Waals surface area contributed by atoms with Gasteiger partial charge in [-0.25, -0.2) is 4.79 Å². The Labute approximate surface area is 119 Å². The molecule has 1 aromatic heterocycles. The summed E-state index contributed by atoms with van der Waals surface area (Å²) in [6, 6.07) is 6.73. The van der Waals surface area contributed by atoms with E-state index in [1.807, 2.05) is 0 Å². The first-order chi connectivity index (χ1) is 9.95. The Balaban J connectivity index is 2.51. The molecule has 0 aliphatic heterocycles. The van der Waals surface area contributed by atoms with Crippen molar-refractivity contribution in [3.8, 4) is 11.6 Å². The molecule has 0 aliphatic rings. The molecule has 0 spiro atoms. The third-order valence-electron chi connectivity index (χ3n) is 2.93. The Morgan fingerprint density at radius 1 is 1.14 bits per heavy atom. The van der Waals surface area contributed by atoms with Gasteiger partial charge in [0.1, 0.15) is 5.75 Å². The van der Waals surface area contributed by atoms with Gasteiger partial charge in [-0.3, -0.25) is 13.9 Å². The highest BCUT2D eigenvalue weighted by molar-refractivity contribution is 5.46. The van der Waals surface area contributed by atoms with Gasteiger partial charge in [0, 0.05) is 20.2 Å². The summed E-state index contributed by atoms with van der Waals surface area (Å²) < 4.78 is 6.81. The molecular weight excluding hydrogens is 276 g/mol. The van der Waals surface area contributed by atoms with Crippen LogP contribution in [-0.4, -0.2) is 21.4 Å². The highest BCUT2D eigenvalue weighted by Crippen LogP contribution is 2.24. The summed E-state index contributed by atoms with van der Waals surface area (Å²) in [5.41, 5.74) is -1.22. The molecule has 0 saturated carbocycles. The average Bonchev–Trinajstić information content (AvgIpc) is 2.51. The van der Waals surface area contributed by atoms with Crippen LogP contribution in [0.1, 0.15) is 0 Å². The summed E-state index contributed by atoms with van der Waals surface area (Å²) in [4.78, 5) is 23.5. The molecular formula is C13H14N4O4. The number of hydrogen-bond acceptors (Lipinski definition) is 6. The normalized spacial score (nSPS) is 11.0. The molecule has 110 valence electrons. The van der Waals surface area contributed by atoms with Crippen molar-refractivity contribution in [2.45, 2.75) is 0 Å². The quantitative estimate of drug-likeness (QED) is 0.859. The van der Waals surface area contributed by atoms with Gasteiger partial charge in [-0.15, -0.1) is 5.11 Å². The molecule has 0 bridgehead atoms. The number of azo groups is 1. The summed E-state index contributed by atoms with van der Waals surface area (Å²) in [6.07, 6.45) is 0. The number of aromatic hydroxyl groups is 1. The van der Waals surface area contributed by atoms with Crippen molar-refractivity contribution in [2.75, 3.05) is 7.11 Å². The number of aromatic nitrogens is 2. The minimum atomic E-state index is -0.720. The fourth-order valence-electron chi connectivity index (χ4n) is 1.68. The third-order valence-corrected chi connectivity index (χ3v) is 2.93. The Hall–Kier alpha value is -2.90. The Morgan fingerprint density at radius 3 is 2.52 bits per heavy atom. The number of rotatable bonds is 3. The van der Waals surface area contributed by atoms with Gasteiger partial charge < -0.3 is 9.84 Å². The van der Waals surface area contributed by atoms with Gasteiger partial charge in [0.05, 0.1) is 12.8 Å². The van der Waals surface area contributed by atoms with Crippen molar-refractivity contribution >= 4 is 11.4 Å². The van der Waals surface area contributed by atoms with E-state index < -0.39 is 17.1 Å². The first-order valence-corrected chi connectivity index (χ1v) is 6.00. The number of methoxy groups -OCH3 is 1. The highest BCUT2D eigenvalue weighted by atomic mass is 16.5. The van der Waals surface area contributed by atoms with Crippen LogP contribution in [0.5, 0.6) is 11.6 Å². The highest BCUT2D eigenvalue weighted by Gasteiger charge is 2.14. The number of benzene rings is 1. The molecule has 0 unspecified atom stereocenters. The van der Waals surface area contributed by atoms with E-state index in [0.717, 1.165) is 9.13 Å². The monoisotopic (exact) mass is 290 g/mol. The topological polar surface area (TPSA) is 98.2 Å². The summed E-state index contributed by atoms with van der Waals surface area (Å²) in [6.45, 7) is 0. The van der Waals surface area contributed by atoms with Crippen LogP contribution in [0.15, 0.2) is 44.1 Å². The molecule has 1 heterocycles. The largest absolute Gasteiger partial charge is 0.497 e. The summed E-state index contributed by atoms with van der Waals surface area (Å²) in [5.74, 6) is 0.0544. The average molecular weight is 290 g/mol. The number of hydrogen-bond donors (Lipinski definition) is 1. The standard InChI is InChI=1S/C13H14N4O4/c1-16-11(18)10(12(19)17(2)13(16)20)15-14-8-5-4-6-9(7-8)21-3/h4-7,18H,1-3H3. The smallest absolute Gasteiger partial charge is 0.333 e. The van der Waals surface area contributed by atoms with E-state index in [1.54, 1.807) is 24.3 Å². The zero-order chi connectivity index (χ0) is 15.6. The maximum atomic E-state index is 11.9. The van der Waals surface area contributed by atoms with Crippen LogP contribution in [0.4, 0.5) is 11.4 Å². The summed E-state index contributed by atoms with van der Waals surface area (Å²) >= 11 is 0. The molecule has 21 heavy (non-hydrogen) atoms. The van der Waals surface area contributed by atoms with E-state index in [4.69, 9.17) is 4.74 Å². The molecule has 2 rings (SSSR count). The molecule has 0 amide bonds. The SMILES string of the molecule is COc1cccc(N=Nc2c(O)n(C)c(=O)n(C)c2=O)c1. The maximum absolute atomic E-state index is 11.9. The van der Waals surface area contributed by atoms with Crippen LogP contribution in [-0.2, 0) is 14.1 Å². The molecule has 0 radical (unpaired) electrons. The summed E-state index contributed by atoms with van der Waals surface area (Å²) in [5, 5.41) is 17.4. The lowest BCUT2D eigenvalue weighted by molar-refractivity contribution is 0.413. The van der Waals surface area contributed by atoms with Crippen molar-refractivity contribution in [2.24, 2.45) is 24.3 Å². The van der Waals surface area contributed by atoms with Crippen molar-refractivity contribution < 1.29 is 9.84 Å². The Kier molecular flexibility index (Phi) is 3.88. The van der Waals surface area contributed by atoms with Crippen LogP contribution in [0.3, 0.4) is 0 Å². The fraction of sp³-hybridized carbons (Fsp3) is 0.231. The minimum Gasteiger partial charge on any atom is -0.497 e. The van der Waals surface area contributed by atoms with Gasteiger partial charge >= 0.3 is 5.69 Å². The molecule has 2 aromatic rings. The minimum absolute atomic E-state index is 0.303.